The van der Waals surface area contributed by atoms with Crippen LogP contribution in [0.15, 0.2) is 18.6 Å². The van der Waals surface area contributed by atoms with Gasteiger partial charge in [0.25, 0.3) is 0 Å². The molecule has 0 bridgehead atoms. The van der Waals surface area contributed by atoms with Gasteiger partial charge in [-0.25, -0.2) is 14.3 Å². The summed E-state index contributed by atoms with van der Waals surface area (Å²) >= 11 is 0. The number of nitrogens with zero attached hydrogens (tertiary/aromatic N) is 5. The summed E-state index contributed by atoms with van der Waals surface area (Å²) in [6.07, 6.45) is 23.0. The van der Waals surface area contributed by atoms with Crippen molar-refractivity contribution >= 4 is 23.5 Å². The zero-order valence-electron chi connectivity index (χ0n) is 47.3. The van der Waals surface area contributed by atoms with E-state index < -0.39 is 23.1 Å². The molecule has 8 aliphatic rings. The Labute approximate surface area is 477 Å². The number of aromatic carboxylic acids is 1. The number of Topliss-reactive ketones (excluding diaryl/α,β-unsaturated/α-hetero) is 2. The second-order valence-corrected chi connectivity index (χ2v) is 25.4. The van der Waals surface area contributed by atoms with Gasteiger partial charge in [-0.15, -0.1) is 5.10 Å². The van der Waals surface area contributed by atoms with Crippen LogP contribution in [0.3, 0.4) is 0 Å². The van der Waals surface area contributed by atoms with Crippen LogP contribution in [0, 0.1) is 80.8 Å². The Bertz CT molecular complexity index is 2290. The topological polar surface area (TPSA) is 287 Å². The second kappa shape index (κ2) is 27.4. The van der Waals surface area contributed by atoms with Crippen molar-refractivity contribution in [3.05, 3.63) is 29.8 Å². The number of ether oxygens (including phenoxy) is 3. The minimum atomic E-state index is -1.02. The number of hydrogen-bond acceptors (Lipinski definition) is 14. The van der Waals surface area contributed by atoms with Gasteiger partial charge in [-0.05, 0) is 212 Å². The largest absolute Gasteiger partial charge is 1.00 e. The molecule has 0 saturated heterocycles. The number of carboxylic acids is 1. The Morgan fingerprint density at radius 3 is 1.51 bits per heavy atom. The predicted octanol–water partition coefficient (Wildman–Crippen LogP) is 5.52. The zero-order chi connectivity index (χ0) is 52.7. The van der Waals surface area contributed by atoms with E-state index in [9.17, 15) is 29.4 Å². The van der Waals surface area contributed by atoms with Crippen molar-refractivity contribution in [1.82, 2.24) is 24.8 Å². The summed E-state index contributed by atoms with van der Waals surface area (Å²) in [4.78, 5) is 50.1. The number of aromatic nitrogens is 5. The SMILES string of the molecule is C.C.CCO.CCOC(=O)c1cn(CC(=O)[C@H]2CC[C@H]3[C@@H]4CC[C@H]5C[C@](C)(O)CC[C@]5(COC)[C@H]4CC[C@]23C)nn1.COC[C@]12CC[C@@](C)(O)C[C@@H]1CC[C@H]1[C@@H]3CC[C@H](C(=O)Cn4cc(C(=O)O)cn4)[C@@]3(C)CC[C@@H]12.O.[Li+].[OH-]. The number of rotatable bonds is 13. The first-order chi connectivity index (χ1) is 34.6. The average molecular weight is 1090 g/mol. The molecular formula is C59H100LiN5O13. The van der Waals surface area contributed by atoms with Gasteiger partial charge < -0.3 is 45.6 Å². The van der Waals surface area contributed by atoms with Gasteiger partial charge in [0.15, 0.2) is 17.3 Å². The van der Waals surface area contributed by atoms with E-state index in [1.165, 1.54) is 40.8 Å². The van der Waals surface area contributed by atoms with Gasteiger partial charge in [0, 0.05) is 38.9 Å². The number of aliphatic hydroxyl groups is 3. The molecule has 0 amide bonds. The molecule has 2 aromatic heterocycles. The molecule has 10 rings (SSSR count). The number of carbonyl (C=O) groups excluding carboxylic acids is 3. The number of esters is 1. The summed E-state index contributed by atoms with van der Waals surface area (Å²) in [7, 11) is 3.65. The van der Waals surface area contributed by atoms with Crippen LogP contribution in [0.1, 0.15) is 193 Å². The van der Waals surface area contributed by atoms with Crippen molar-refractivity contribution < 1.29 is 83.6 Å². The van der Waals surface area contributed by atoms with Crippen LogP contribution >= 0.6 is 0 Å². The summed E-state index contributed by atoms with van der Waals surface area (Å²) in [6.45, 7) is 14.5. The minimum absolute atomic E-state index is 0. The van der Waals surface area contributed by atoms with Crippen molar-refractivity contribution in [3.63, 3.8) is 0 Å². The molecule has 18 nitrogen and oxygen atoms in total. The standard InChI is InChI=1S/C28H43N3O5.C27H40N2O5.C2H6O.2CH4.Li.2H2O/c1-5-36-25(33)23-15-31(30-29-23)16-24(32)22-9-8-20-19-7-6-18-14-26(2,34)12-13-28(18,17-35-4)21(19)10-11-27(20,22)3;1-25(33)10-11-27(16-34-3)18(12-25)4-5-19-20-6-7-22(26(20,2)9-8-21(19)27)23(30)15-29-14-17(13-28-29)24(31)32;1-2-3;;;;;/h15,18-22,34H,5-14,16-17H2,1-4H3;13-14,18-22,33H,4-12,15-16H2,1-3H3,(H,31,32);3H,2H2,1H3;2*1H4;;2*1H2/q;;;;;+1;;/p-1/t18-,19-,20-,21-,22+,26+,27-,28+;18-,19-,20-,21-,22+,25+,26-,27+;;;;;;/m00....../s1. The van der Waals surface area contributed by atoms with E-state index in [4.69, 9.17) is 24.4 Å². The number of carbonyl (C=O) groups is 4. The first-order valence-electron chi connectivity index (χ1n) is 28.1. The van der Waals surface area contributed by atoms with E-state index in [-0.39, 0.29) is 127 Å². The normalized spacial score (nSPS) is 38.5. The molecule has 0 spiro atoms. The van der Waals surface area contributed by atoms with Crippen molar-refractivity contribution in [2.45, 2.75) is 196 Å². The Hall–Kier alpha value is -3.05. The molecule has 0 unspecified atom stereocenters. The first-order valence-corrected chi connectivity index (χ1v) is 28.1. The van der Waals surface area contributed by atoms with Gasteiger partial charge in [-0.2, -0.15) is 5.10 Å². The zero-order valence-corrected chi connectivity index (χ0v) is 47.3. The van der Waals surface area contributed by atoms with E-state index in [1.54, 1.807) is 13.8 Å². The Morgan fingerprint density at radius 2 is 1.10 bits per heavy atom. The molecule has 0 aliphatic heterocycles. The number of carboxylic acid groups (broad SMARTS) is 1. The number of methoxy groups -OCH3 is 2. The summed E-state index contributed by atoms with van der Waals surface area (Å²) in [5, 5.41) is 50.4. The van der Waals surface area contributed by atoms with Crippen LogP contribution in [-0.4, -0.2) is 132 Å². The molecule has 440 valence electrons. The van der Waals surface area contributed by atoms with Crippen LogP contribution in [-0.2, 0) is 36.9 Å². The summed E-state index contributed by atoms with van der Waals surface area (Å²) in [5.74, 6) is 3.49. The molecule has 8 aliphatic carbocycles. The van der Waals surface area contributed by atoms with Crippen LogP contribution in [0.5, 0.6) is 0 Å². The number of fused-ring (bicyclic) bond motifs is 10. The Balaban J connectivity index is 0.000000369. The molecular weight excluding hydrogens is 994 g/mol. The molecule has 8 saturated carbocycles. The van der Waals surface area contributed by atoms with E-state index >= 15 is 0 Å². The maximum Gasteiger partial charge on any atom is 1.00 e. The van der Waals surface area contributed by atoms with E-state index in [1.807, 2.05) is 28.1 Å². The number of aliphatic hydroxyl groups excluding tert-OH is 1. The molecule has 0 aromatic carbocycles. The maximum absolute atomic E-state index is 13.6. The first kappa shape index (κ1) is 69.2. The maximum atomic E-state index is 13.6. The van der Waals surface area contributed by atoms with Crippen molar-refractivity contribution in [2.24, 2.45) is 80.8 Å². The van der Waals surface area contributed by atoms with Gasteiger partial charge in [0.1, 0.15) is 6.54 Å². The number of hydrogen-bond donors (Lipinski definition) is 4. The third-order valence-electron chi connectivity index (χ3n) is 21.4. The van der Waals surface area contributed by atoms with Crippen LogP contribution in [0.4, 0.5) is 0 Å². The Kier molecular flexibility index (Phi) is 24.3. The molecule has 78 heavy (non-hydrogen) atoms. The smallest absolute Gasteiger partial charge is 0.870 e. The van der Waals surface area contributed by atoms with Crippen molar-refractivity contribution in [1.29, 1.82) is 0 Å². The molecule has 19 heteroatoms. The van der Waals surface area contributed by atoms with Crippen molar-refractivity contribution in [3.8, 4) is 0 Å². The van der Waals surface area contributed by atoms with Gasteiger partial charge in [-0.3, -0.25) is 14.3 Å². The van der Waals surface area contributed by atoms with Crippen LogP contribution in [0.25, 0.3) is 0 Å². The molecule has 7 N–H and O–H groups in total. The fraction of sp³-hybridized carbons (Fsp3) is 0.847. The quantitative estimate of drug-likeness (QED) is 0.142. The second-order valence-electron chi connectivity index (χ2n) is 25.4. The van der Waals surface area contributed by atoms with Gasteiger partial charge in [-0.1, -0.05) is 33.9 Å². The summed E-state index contributed by atoms with van der Waals surface area (Å²) < 4.78 is 19.7. The fourth-order valence-electron chi connectivity index (χ4n) is 18.4. The van der Waals surface area contributed by atoms with E-state index in [0.717, 1.165) is 116 Å². The molecule has 16 atom stereocenters. The third-order valence-corrected chi connectivity index (χ3v) is 21.4. The molecule has 0 radical (unpaired) electrons. The third kappa shape index (κ3) is 13.1. The molecule has 8 fully saturated rings. The van der Waals surface area contributed by atoms with Crippen LogP contribution < -0.4 is 18.9 Å². The van der Waals surface area contributed by atoms with Gasteiger partial charge in [0.05, 0.1) is 55.5 Å². The van der Waals surface area contributed by atoms with Gasteiger partial charge in [0.2, 0.25) is 0 Å². The van der Waals surface area contributed by atoms with Gasteiger partial charge >= 0.3 is 30.8 Å². The minimum Gasteiger partial charge on any atom is -0.870 e. The average Bonchev–Trinajstić information content (AvgIpc) is 4.15. The summed E-state index contributed by atoms with van der Waals surface area (Å²) in [5.41, 5.74) is -0.527. The molecule has 2 heterocycles. The Morgan fingerprint density at radius 1 is 0.654 bits per heavy atom. The van der Waals surface area contributed by atoms with Crippen LogP contribution in [0.2, 0.25) is 0 Å². The van der Waals surface area contributed by atoms with Crippen molar-refractivity contribution in [2.75, 3.05) is 40.6 Å². The number of ketones is 2. The fourth-order valence-corrected chi connectivity index (χ4v) is 18.4. The van der Waals surface area contributed by atoms with E-state index in [0.29, 0.717) is 47.3 Å². The predicted molar refractivity (Wildman–Crippen MR) is 291 cm³/mol. The summed E-state index contributed by atoms with van der Waals surface area (Å²) in [6, 6.07) is 0. The molecule has 2 aromatic rings. The monoisotopic (exact) mass is 1090 g/mol. The van der Waals surface area contributed by atoms with E-state index in [2.05, 4.69) is 29.3 Å².